The van der Waals surface area contributed by atoms with Crippen LogP contribution in [0.3, 0.4) is 0 Å². The minimum atomic E-state index is -0.324. The lowest BCUT2D eigenvalue weighted by atomic mass is 10.1. The van der Waals surface area contributed by atoms with Gasteiger partial charge in [0.25, 0.3) is 5.91 Å². The number of aromatic nitrogens is 1. The van der Waals surface area contributed by atoms with Crippen LogP contribution >= 0.6 is 11.3 Å². The molecule has 4 heterocycles. The highest BCUT2D eigenvalue weighted by Gasteiger charge is 2.28. The van der Waals surface area contributed by atoms with Crippen LogP contribution in [0.5, 0.6) is 0 Å². The number of hydrogen-bond acceptors (Lipinski definition) is 5. The number of urea groups is 1. The fourth-order valence-electron chi connectivity index (χ4n) is 3.21. The van der Waals surface area contributed by atoms with Crippen LogP contribution < -0.4 is 16.0 Å². The van der Waals surface area contributed by atoms with E-state index in [1.54, 1.807) is 12.3 Å². The molecule has 3 amide bonds. The molecule has 0 saturated carbocycles. The van der Waals surface area contributed by atoms with Gasteiger partial charge in [-0.25, -0.2) is 9.78 Å². The summed E-state index contributed by atoms with van der Waals surface area (Å²) in [6.07, 6.45) is 3.70. The van der Waals surface area contributed by atoms with Crippen LogP contribution in [0.4, 0.5) is 16.2 Å². The van der Waals surface area contributed by atoms with E-state index in [4.69, 9.17) is 0 Å². The summed E-state index contributed by atoms with van der Waals surface area (Å²) in [5.41, 5.74) is 1.26. The van der Waals surface area contributed by atoms with Gasteiger partial charge >= 0.3 is 6.03 Å². The lowest BCUT2D eigenvalue weighted by Gasteiger charge is -2.30. The Morgan fingerprint density at radius 1 is 1.48 bits per heavy atom. The number of carbonyl (C=O) groups is 2. The highest BCUT2D eigenvalue weighted by molar-refractivity contribution is 7.21. The van der Waals surface area contributed by atoms with Gasteiger partial charge in [-0.05, 0) is 32.5 Å². The summed E-state index contributed by atoms with van der Waals surface area (Å²) in [5, 5.41) is 9.39. The Morgan fingerprint density at radius 3 is 3.17 bits per heavy atom. The number of likely N-dealkylation sites (N-methyl/N-ethyl adjacent to an activating group) is 1. The fraction of sp³-hybridized carbons (Fsp3) is 0.400. The molecule has 2 aliphatic heterocycles. The molecule has 2 aromatic heterocycles. The Bertz CT molecular complexity index is 803. The van der Waals surface area contributed by atoms with E-state index >= 15 is 0 Å². The summed E-state index contributed by atoms with van der Waals surface area (Å²) < 4.78 is 0. The van der Waals surface area contributed by atoms with Gasteiger partial charge < -0.3 is 20.9 Å². The maximum absolute atomic E-state index is 12.7. The number of thiophene rings is 1. The van der Waals surface area contributed by atoms with Crippen LogP contribution in [0.1, 0.15) is 22.5 Å². The minimum Gasteiger partial charge on any atom is -0.347 e. The standard InChI is InChI=1S/C15H17N5O2S/c1-20-6-2-3-8(7-20)17-13(21)12-11-10-9(18-15(22)19-11)4-5-16-14(10)23-12/h4-5,8H,2-3,6-7H2,1H3,(H,17,21)(H2,18,19,22). The summed E-state index contributed by atoms with van der Waals surface area (Å²) in [6.45, 7) is 1.92. The Labute approximate surface area is 137 Å². The molecule has 0 spiro atoms. The van der Waals surface area contributed by atoms with Gasteiger partial charge in [0.05, 0.1) is 16.8 Å². The third-order valence-electron chi connectivity index (χ3n) is 4.24. The van der Waals surface area contributed by atoms with E-state index in [1.165, 1.54) is 11.3 Å². The molecule has 120 valence electrons. The van der Waals surface area contributed by atoms with Crippen molar-refractivity contribution in [2.45, 2.75) is 18.9 Å². The fourth-order valence-corrected chi connectivity index (χ4v) is 4.24. The SMILES string of the molecule is CN1CCCC(NC(=O)c2sc3nccc4c3c2NC(=O)N4)C1. The van der Waals surface area contributed by atoms with Crippen LogP contribution in [0.2, 0.25) is 0 Å². The Kier molecular flexibility index (Phi) is 3.42. The number of rotatable bonds is 2. The average Bonchev–Trinajstić information content (AvgIpc) is 2.87. The number of anilines is 2. The van der Waals surface area contributed by atoms with E-state index in [9.17, 15) is 9.59 Å². The Balaban J connectivity index is 1.67. The molecule has 8 heteroatoms. The van der Waals surface area contributed by atoms with E-state index in [-0.39, 0.29) is 18.0 Å². The van der Waals surface area contributed by atoms with Gasteiger partial charge in [-0.3, -0.25) is 4.79 Å². The predicted molar refractivity (Wildman–Crippen MR) is 90.2 cm³/mol. The van der Waals surface area contributed by atoms with Crippen LogP contribution in [-0.2, 0) is 0 Å². The molecular formula is C15H17N5O2S. The Hall–Kier alpha value is -2.19. The molecule has 2 aromatic rings. The summed E-state index contributed by atoms with van der Waals surface area (Å²) in [5.74, 6) is -0.142. The molecule has 3 N–H and O–H groups in total. The van der Waals surface area contributed by atoms with Gasteiger partial charge in [0, 0.05) is 18.8 Å². The number of hydrogen-bond donors (Lipinski definition) is 3. The highest BCUT2D eigenvalue weighted by atomic mass is 32.1. The van der Waals surface area contributed by atoms with E-state index in [0.29, 0.717) is 16.3 Å². The van der Waals surface area contributed by atoms with Crippen molar-refractivity contribution >= 4 is 44.9 Å². The summed E-state index contributed by atoms with van der Waals surface area (Å²) in [7, 11) is 2.06. The second-order valence-electron chi connectivity index (χ2n) is 6.00. The summed E-state index contributed by atoms with van der Waals surface area (Å²) >= 11 is 1.31. The monoisotopic (exact) mass is 331 g/mol. The zero-order valence-corrected chi connectivity index (χ0v) is 13.5. The largest absolute Gasteiger partial charge is 0.347 e. The van der Waals surface area contributed by atoms with Crippen molar-refractivity contribution in [2.75, 3.05) is 30.8 Å². The van der Waals surface area contributed by atoms with Crippen LogP contribution in [0.15, 0.2) is 12.3 Å². The van der Waals surface area contributed by atoms with Gasteiger partial charge in [-0.2, -0.15) is 0 Å². The van der Waals surface area contributed by atoms with Crippen molar-refractivity contribution < 1.29 is 9.59 Å². The van der Waals surface area contributed by atoms with Gasteiger partial charge in [0.1, 0.15) is 9.71 Å². The number of pyridine rings is 1. The second kappa shape index (κ2) is 5.47. The molecule has 0 radical (unpaired) electrons. The van der Waals surface area contributed by atoms with Crippen LogP contribution in [-0.4, -0.2) is 48.0 Å². The van der Waals surface area contributed by atoms with Crippen molar-refractivity contribution in [3.05, 3.63) is 17.1 Å². The smallest absolute Gasteiger partial charge is 0.323 e. The Morgan fingerprint density at radius 2 is 2.35 bits per heavy atom. The van der Waals surface area contributed by atoms with E-state index in [1.807, 2.05) is 0 Å². The first-order valence-corrected chi connectivity index (χ1v) is 8.42. The van der Waals surface area contributed by atoms with E-state index in [0.717, 1.165) is 36.1 Å². The number of likely N-dealkylation sites (tertiary alicyclic amines) is 1. The molecule has 0 bridgehead atoms. The van der Waals surface area contributed by atoms with Crippen molar-refractivity contribution in [3.63, 3.8) is 0 Å². The van der Waals surface area contributed by atoms with Gasteiger partial charge in [0.2, 0.25) is 0 Å². The van der Waals surface area contributed by atoms with Crippen molar-refractivity contribution in [1.29, 1.82) is 0 Å². The molecule has 1 atom stereocenters. The third-order valence-corrected chi connectivity index (χ3v) is 5.34. The molecule has 1 fully saturated rings. The van der Waals surface area contributed by atoms with Gasteiger partial charge in [-0.1, -0.05) is 0 Å². The average molecular weight is 331 g/mol. The first kappa shape index (κ1) is 14.4. The molecule has 1 unspecified atom stereocenters. The van der Waals surface area contributed by atoms with Gasteiger partial charge in [-0.15, -0.1) is 11.3 Å². The zero-order chi connectivity index (χ0) is 16.0. The van der Waals surface area contributed by atoms with E-state index < -0.39 is 0 Å². The lowest BCUT2D eigenvalue weighted by Crippen LogP contribution is -2.46. The number of piperidine rings is 1. The molecule has 2 aliphatic rings. The normalized spacial score (nSPS) is 20.9. The van der Waals surface area contributed by atoms with Crippen LogP contribution in [0.25, 0.3) is 10.2 Å². The van der Waals surface area contributed by atoms with E-state index in [2.05, 4.69) is 32.9 Å². The van der Waals surface area contributed by atoms with Crippen molar-refractivity contribution in [2.24, 2.45) is 0 Å². The molecule has 23 heavy (non-hydrogen) atoms. The number of nitrogens with zero attached hydrogens (tertiary/aromatic N) is 2. The van der Waals surface area contributed by atoms with Crippen LogP contribution in [0, 0.1) is 0 Å². The molecule has 4 rings (SSSR count). The molecule has 7 nitrogen and oxygen atoms in total. The van der Waals surface area contributed by atoms with Gasteiger partial charge in [0.15, 0.2) is 0 Å². The quantitative estimate of drug-likeness (QED) is 0.786. The number of amides is 3. The topological polar surface area (TPSA) is 86.4 Å². The third kappa shape index (κ3) is 2.53. The maximum atomic E-state index is 12.7. The molecule has 1 saturated heterocycles. The number of carbonyl (C=O) groups excluding carboxylic acids is 2. The summed E-state index contributed by atoms with van der Waals surface area (Å²) in [4.78, 5) is 32.3. The lowest BCUT2D eigenvalue weighted by molar-refractivity contribution is 0.0917. The highest BCUT2D eigenvalue weighted by Crippen LogP contribution is 2.41. The molecular weight excluding hydrogens is 314 g/mol. The van der Waals surface area contributed by atoms with Crippen molar-refractivity contribution in [3.8, 4) is 0 Å². The first-order chi connectivity index (χ1) is 11.1. The minimum absolute atomic E-state index is 0.142. The summed E-state index contributed by atoms with van der Waals surface area (Å²) in [6, 6.07) is 1.56. The molecule has 0 aliphatic carbocycles. The first-order valence-electron chi connectivity index (χ1n) is 7.61. The number of nitrogens with one attached hydrogen (secondary N) is 3. The predicted octanol–water partition coefficient (Wildman–Crippen LogP) is 2.08. The zero-order valence-electron chi connectivity index (χ0n) is 12.7. The second-order valence-corrected chi connectivity index (χ2v) is 7.00. The maximum Gasteiger partial charge on any atom is 0.323 e. The van der Waals surface area contributed by atoms with Crippen molar-refractivity contribution in [1.82, 2.24) is 15.2 Å². The molecule has 0 aromatic carbocycles.